The Morgan fingerprint density at radius 3 is 2.33 bits per heavy atom. The summed E-state index contributed by atoms with van der Waals surface area (Å²) in [6.07, 6.45) is 5.09. The zero-order valence-corrected chi connectivity index (χ0v) is 22.3. The molecule has 2 heterocycles. The van der Waals surface area contributed by atoms with Crippen molar-refractivity contribution in [2.75, 3.05) is 48.3 Å². The highest BCUT2D eigenvalue weighted by Gasteiger charge is 2.26. The Balaban J connectivity index is 1.23. The van der Waals surface area contributed by atoms with Crippen molar-refractivity contribution in [3.8, 4) is 23.0 Å². The van der Waals surface area contributed by atoms with Gasteiger partial charge in [-0.3, -0.25) is 18.6 Å². The number of anilines is 2. The van der Waals surface area contributed by atoms with Gasteiger partial charge in [0.05, 0.1) is 0 Å². The zero-order chi connectivity index (χ0) is 27.2. The number of nitrogens with zero attached hydrogens (tertiary/aromatic N) is 1. The van der Waals surface area contributed by atoms with Gasteiger partial charge in [-0.25, -0.2) is 0 Å². The summed E-state index contributed by atoms with van der Waals surface area (Å²) in [6, 6.07) is 9.99. The summed E-state index contributed by atoms with van der Waals surface area (Å²) in [7, 11) is -1.82. The molecular formula is C27H31N3O8S. The molecule has 0 radical (unpaired) electrons. The van der Waals surface area contributed by atoms with E-state index in [-0.39, 0.29) is 31.0 Å². The molecule has 208 valence electrons. The average Bonchev–Trinajstić information content (AvgIpc) is 3.40. The lowest BCUT2D eigenvalue weighted by Crippen LogP contribution is -2.46. The van der Waals surface area contributed by atoms with Gasteiger partial charge in [0.1, 0.15) is 31.3 Å². The lowest BCUT2D eigenvalue weighted by atomic mass is 9.95. The number of rotatable bonds is 9. The van der Waals surface area contributed by atoms with Gasteiger partial charge in [0.25, 0.3) is 0 Å². The van der Waals surface area contributed by atoms with Crippen LogP contribution in [0.5, 0.6) is 23.0 Å². The molecule has 2 aromatic carbocycles. The standard InChI is InChI=1S/C27H31N3O8S/c31-25(28-18-4-2-1-3-5-18)14-30(20-7-9-21-24(13-20)36-11-10-35-21)27(33)16-39(34)15-26(32)29-19-6-8-22-23(12-19)38-17-37-22/h6-9,12-13,18H,1-5,10-11,14-17H2,(H,28,31)(H,29,32)/t39-/m1/s1. The van der Waals surface area contributed by atoms with E-state index in [1.807, 2.05) is 0 Å². The van der Waals surface area contributed by atoms with Crippen LogP contribution >= 0.6 is 0 Å². The second kappa shape index (κ2) is 12.4. The zero-order valence-electron chi connectivity index (χ0n) is 21.4. The molecule has 5 rings (SSSR count). The van der Waals surface area contributed by atoms with Gasteiger partial charge in [-0.1, -0.05) is 19.3 Å². The van der Waals surface area contributed by atoms with Crippen LogP contribution < -0.4 is 34.5 Å². The fourth-order valence-corrected chi connectivity index (χ4v) is 5.67. The first kappa shape index (κ1) is 26.8. The summed E-state index contributed by atoms with van der Waals surface area (Å²) < 4.78 is 34.6. The first-order chi connectivity index (χ1) is 18.9. The molecule has 1 fully saturated rings. The number of hydrogen-bond acceptors (Lipinski definition) is 8. The SMILES string of the molecule is O=C(C[S@@](=O)CC(=O)N(CC(=O)NC1CCCCC1)c1ccc2c(c1)OCCO2)Nc1ccc2c(c1)OCO2. The Labute approximate surface area is 228 Å². The molecule has 12 heteroatoms. The van der Waals surface area contributed by atoms with Crippen LogP contribution in [0.1, 0.15) is 32.1 Å². The van der Waals surface area contributed by atoms with Crippen LogP contribution in [0, 0.1) is 0 Å². The van der Waals surface area contributed by atoms with E-state index in [1.165, 1.54) is 4.90 Å². The van der Waals surface area contributed by atoms with E-state index in [1.54, 1.807) is 36.4 Å². The maximum absolute atomic E-state index is 13.3. The van der Waals surface area contributed by atoms with Gasteiger partial charge in [0.15, 0.2) is 23.0 Å². The van der Waals surface area contributed by atoms with Gasteiger partial charge in [-0.2, -0.15) is 0 Å². The van der Waals surface area contributed by atoms with Crippen LogP contribution in [0.25, 0.3) is 0 Å². The Morgan fingerprint density at radius 1 is 0.821 bits per heavy atom. The summed E-state index contributed by atoms with van der Waals surface area (Å²) in [6.45, 7) is 0.661. The molecule has 0 saturated heterocycles. The van der Waals surface area contributed by atoms with Crippen molar-refractivity contribution in [3.05, 3.63) is 36.4 Å². The number of ether oxygens (including phenoxy) is 4. The van der Waals surface area contributed by atoms with Crippen LogP contribution in [0.15, 0.2) is 36.4 Å². The Hall–Kier alpha value is -3.80. The summed E-state index contributed by atoms with van der Waals surface area (Å²) in [5.74, 6) is -0.0682. The molecule has 1 atom stereocenters. The first-order valence-electron chi connectivity index (χ1n) is 13.0. The molecule has 2 aromatic rings. The molecule has 1 saturated carbocycles. The van der Waals surface area contributed by atoms with Gasteiger partial charge in [-0.05, 0) is 37.1 Å². The minimum Gasteiger partial charge on any atom is -0.486 e. The van der Waals surface area contributed by atoms with Gasteiger partial charge in [0, 0.05) is 40.3 Å². The minimum atomic E-state index is -1.82. The number of amides is 3. The van der Waals surface area contributed by atoms with Crippen LogP contribution in [0.2, 0.25) is 0 Å². The van der Waals surface area contributed by atoms with Crippen LogP contribution in [-0.4, -0.2) is 66.0 Å². The van der Waals surface area contributed by atoms with Gasteiger partial charge < -0.3 is 34.5 Å². The summed E-state index contributed by atoms with van der Waals surface area (Å²) in [5, 5.41) is 5.68. The Kier molecular flexibility index (Phi) is 8.50. The minimum absolute atomic E-state index is 0.0810. The molecule has 1 aliphatic carbocycles. The number of carbonyl (C=O) groups excluding carboxylic acids is 3. The lowest BCUT2D eigenvalue weighted by molar-refractivity contribution is -0.123. The van der Waals surface area contributed by atoms with Crippen LogP contribution in [0.4, 0.5) is 11.4 Å². The van der Waals surface area contributed by atoms with Crippen LogP contribution in [0.3, 0.4) is 0 Å². The third kappa shape index (κ3) is 6.99. The number of carbonyl (C=O) groups is 3. The Bertz CT molecular complexity index is 1260. The van der Waals surface area contributed by atoms with E-state index in [0.29, 0.717) is 47.6 Å². The maximum Gasteiger partial charge on any atom is 0.240 e. The molecule has 2 N–H and O–H groups in total. The smallest absolute Gasteiger partial charge is 0.240 e. The van der Waals surface area contributed by atoms with E-state index >= 15 is 0 Å². The molecule has 3 amide bonds. The normalized spacial score (nSPS) is 16.7. The predicted molar refractivity (Wildman–Crippen MR) is 144 cm³/mol. The van der Waals surface area contributed by atoms with Crippen molar-refractivity contribution in [2.24, 2.45) is 0 Å². The van der Waals surface area contributed by atoms with E-state index in [2.05, 4.69) is 10.6 Å². The molecule has 0 bridgehead atoms. The lowest BCUT2D eigenvalue weighted by Gasteiger charge is -2.27. The molecule has 11 nitrogen and oxygen atoms in total. The third-order valence-corrected chi connectivity index (χ3v) is 7.80. The monoisotopic (exact) mass is 557 g/mol. The van der Waals surface area contributed by atoms with E-state index in [9.17, 15) is 18.6 Å². The summed E-state index contributed by atoms with van der Waals surface area (Å²) in [4.78, 5) is 40.0. The summed E-state index contributed by atoms with van der Waals surface area (Å²) >= 11 is 0. The quantitative estimate of drug-likeness (QED) is 0.480. The van der Waals surface area contributed by atoms with Gasteiger partial charge in [-0.15, -0.1) is 0 Å². The second-order valence-corrected chi connectivity index (χ2v) is 11.0. The van der Waals surface area contributed by atoms with E-state index in [0.717, 1.165) is 32.1 Å². The highest BCUT2D eigenvalue weighted by molar-refractivity contribution is 7.86. The molecule has 0 spiro atoms. The largest absolute Gasteiger partial charge is 0.486 e. The van der Waals surface area contributed by atoms with Crippen molar-refractivity contribution in [3.63, 3.8) is 0 Å². The van der Waals surface area contributed by atoms with Gasteiger partial charge in [0.2, 0.25) is 24.5 Å². The molecule has 0 unspecified atom stereocenters. The number of nitrogens with one attached hydrogen (secondary N) is 2. The first-order valence-corrected chi connectivity index (χ1v) is 14.5. The fraction of sp³-hybridized carbons (Fsp3) is 0.444. The molecule has 2 aliphatic heterocycles. The number of benzene rings is 2. The molecule has 39 heavy (non-hydrogen) atoms. The predicted octanol–water partition coefficient (Wildman–Crippen LogP) is 2.36. The molecule has 3 aliphatic rings. The number of fused-ring (bicyclic) bond motifs is 2. The highest BCUT2D eigenvalue weighted by Crippen LogP contribution is 2.35. The fourth-order valence-electron chi connectivity index (χ4n) is 4.77. The second-order valence-electron chi connectivity index (χ2n) is 9.56. The topological polar surface area (TPSA) is 133 Å². The van der Waals surface area contributed by atoms with Crippen molar-refractivity contribution in [1.29, 1.82) is 0 Å². The van der Waals surface area contributed by atoms with Crippen LogP contribution in [-0.2, 0) is 25.2 Å². The number of hydrogen-bond donors (Lipinski definition) is 2. The van der Waals surface area contributed by atoms with Crippen molar-refractivity contribution in [2.45, 2.75) is 38.1 Å². The van der Waals surface area contributed by atoms with Crippen molar-refractivity contribution >= 4 is 39.9 Å². The highest BCUT2D eigenvalue weighted by atomic mass is 32.2. The van der Waals surface area contributed by atoms with E-state index < -0.39 is 28.4 Å². The molecular weight excluding hydrogens is 526 g/mol. The van der Waals surface area contributed by atoms with Crippen molar-refractivity contribution < 1.29 is 37.5 Å². The van der Waals surface area contributed by atoms with Gasteiger partial charge >= 0.3 is 0 Å². The Morgan fingerprint density at radius 2 is 1.51 bits per heavy atom. The van der Waals surface area contributed by atoms with E-state index in [4.69, 9.17) is 18.9 Å². The molecule has 0 aromatic heterocycles. The maximum atomic E-state index is 13.3. The summed E-state index contributed by atoms with van der Waals surface area (Å²) in [5.41, 5.74) is 0.884. The average molecular weight is 558 g/mol. The van der Waals surface area contributed by atoms with Crippen molar-refractivity contribution in [1.82, 2.24) is 5.32 Å². The third-order valence-electron chi connectivity index (χ3n) is 6.64.